The first-order valence-electron chi connectivity index (χ1n) is 9.72. The van der Waals surface area contributed by atoms with Crippen LogP contribution in [0.3, 0.4) is 0 Å². The molecule has 0 aliphatic rings. The molecule has 0 unspecified atom stereocenters. The van der Waals surface area contributed by atoms with E-state index in [1.54, 1.807) is 0 Å². The van der Waals surface area contributed by atoms with Gasteiger partial charge < -0.3 is 29.2 Å². The van der Waals surface area contributed by atoms with Gasteiger partial charge in [0, 0.05) is 36.1 Å². The lowest BCUT2D eigenvalue weighted by atomic mass is 9.92. The predicted octanol–water partition coefficient (Wildman–Crippen LogP) is 2.39. The van der Waals surface area contributed by atoms with E-state index in [1.165, 1.54) is 0 Å². The van der Waals surface area contributed by atoms with E-state index in [-0.39, 0.29) is 65.6 Å². The first kappa shape index (κ1) is 28.4. The minimum atomic E-state index is -0.994. The molecule has 0 radical (unpaired) electrons. The molecular weight excluding hydrogens is 416 g/mol. The molecular formula is C17H30N6O8. The summed E-state index contributed by atoms with van der Waals surface area (Å²) in [5.74, 6) is -1.99. The molecule has 0 aromatic carbocycles. The van der Waals surface area contributed by atoms with E-state index in [4.69, 9.17) is 40.2 Å². The van der Waals surface area contributed by atoms with Crippen LogP contribution in [0.2, 0.25) is 0 Å². The number of azide groups is 2. The number of ether oxygens (including phenoxy) is 4. The number of carboxylic acid groups (broad SMARTS) is 2. The summed E-state index contributed by atoms with van der Waals surface area (Å²) in [4.78, 5) is 26.8. The second-order valence-electron chi connectivity index (χ2n) is 6.61. The molecule has 0 aromatic heterocycles. The molecule has 0 bridgehead atoms. The molecule has 176 valence electrons. The van der Waals surface area contributed by atoms with Crippen LogP contribution >= 0.6 is 0 Å². The highest BCUT2D eigenvalue weighted by molar-refractivity contribution is 5.67. The zero-order valence-electron chi connectivity index (χ0n) is 17.4. The molecule has 0 amide bonds. The second-order valence-corrected chi connectivity index (χ2v) is 6.61. The van der Waals surface area contributed by atoms with Crippen molar-refractivity contribution in [1.82, 2.24) is 0 Å². The van der Waals surface area contributed by atoms with Crippen LogP contribution in [0.5, 0.6) is 0 Å². The Hall–Kier alpha value is -2.60. The Morgan fingerprint density at radius 1 is 0.710 bits per heavy atom. The van der Waals surface area contributed by atoms with E-state index >= 15 is 0 Å². The van der Waals surface area contributed by atoms with Crippen molar-refractivity contribution in [2.75, 3.05) is 65.9 Å². The topological polar surface area (TPSA) is 209 Å². The number of carboxylic acids is 2. The van der Waals surface area contributed by atoms with Crippen molar-refractivity contribution in [2.24, 2.45) is 15.6 Å². The molecule has 0 atom stereocenters. The summed E-state index contributed by atoms with van der Waals surface area (Å²) in [6, 6.07) is 0. The van der Waals surface area contributed by atoms with Gasteiger partial charge in [0.2, 0.25) is 0 Å². The Bertz CT molecular complexity index is 555. The van der Waals surface area contributed by atoms with Crippen LogP contribution < -0.4 is 0 Å². The summed E-state index contributed by atoms with van der Waals surface area (Å²) in [5, 5.41) is 24.4. The summed E-state index contributed by atoms with van der Waals surface area (Å²) < 4.78 is 22.4. The molecule has 0 fully saturated rings. The van der Waals surface area contributed by atoms with Gasteiger partial charge in [0.1, 0.15) is 0 Å². The van der Waals surface area contributed by atoms with E-state index in [1.807, 2.05) is 0 Å². The number of aliphatic carboxylic acids is 2. The zero-order chi connectivity index (χ0) is 23.2. The third kappa shape index (κ3) is 17.9. The Morgan fingerprint density at radius 2 is 1.06 bits per heavy atom. The Kier molecular flexibility index (Phi) is 17.7. The zero-order valence-corrected chi connectivity index (χ0v) is 17.4. The first-order chi connectivity index (χ1) is 15.0. The SMILES string of the molecule is [N-]=[N+]=NCCCOCC(COCCCN=[N+]=[N-])(COCCC(=O)O)COCCC(=O)O. The monoisotopic (exact) mass is 446 g/mol. The van der Waals surface area contributed by atoms with Crippen LogP contribution in [0.15, 0.2) is 10.2 Å². The van der Waals surface area contributed by atoms with E-state index in [2.05, 4.69) is 20.1 Å². The highest BCUT2D eigenvalue weighted by atomic mass is 16.5. The van der Waals surface area contributed by atoms with Crippen molar-refractivity contribution in [3.63, 3.8) is 0 Å². The number of carbonyl (C=O) groups is 2. The number of rotatable bonds is 22. The summed E-state index contributed by atoms with van der Waals surface area (Å²) in [7, 11) is 0. The van der Waals surface area contributed by atoms with Crippen LogP contribution in [0.25, 0.3) is 20.9 Å². The van der Waals surface area contributed by atoms with Crippen molar-refractivity contribution in [3.8, 4) is 0 Å². The molecule has 14 nitrogen and oxygen atoms in total. The molecule has 0 aliphatic carbocycles. The molecule has 0 rings (SSSR count). The minimum absolute atomic E-state index is 0.0139. The Morgan fingerprint density at radius 3 is 1.39 bits per heavy atom. The van der Waals surface area contributed by atoms with Crippen LogP contribution in [0, 0.1) is 5.41 Å². The van der Waals surface area contributed by atoms with Crippen molar-refractivity contribution in [1.29, 1.82) is 0 Å². The molecule has 0 aliphatic heterocycles. The second kappa shape index (κ2) is 19.4. The standard InChI is InChI=1S/C17H30N6O8/c18-22-20-5-1-7-28-11-17(13-30-9-3-15(24)25,14-31-10-4-16(26)27)12-29-8-2-6-21-23-19/h1-14H2,(H,24,25)(H,26,27). The Labute approximate surface area is 179 Å². The number of hydrogen-bond donors (Lipinski definition) is 2. The summed E-state index contributed by atoms with van der Waals surface area (Å²) in [6.07, 6.45) is 0.672. The van der Waals surface area contributed by atoms with Gasteiger partial charge in [-0.25, -0.2) is 0 Å². The molecule has 14 heteroatoms. The van der Waals surface area contributed by atoms with Crippen molar-refractivity contribution in [3.05, 3.63) is 20.9 Å². The van der Waals surface area contributed by atoms with Crippen LogP contribution in [-0.4, -0.2) is 88.1 Å². The van der Waals surface area contributed by atoms with Gasteiger partial charge in [0.15, 0.2) is 0 Å². The van der Waals surface area contributed by atoms with Gasteiger partial charge in [0.05, 0.1) is 57.9 Å². The van der Waals surface area contributed by atoms with Crippen LogP contribution in [0.4, 0.5) is 0 Å². The van der Waals surface area contributed by atoms with E-state index in [9.17, 15) is 9.59 Å². The highest BCUT2D eigenvalue weighted by Gasteiger charge is 2.32. The first-order valence-corrected chi connectivity index (χ1v) is 9.72. The van der Waals surface area contributed by atoms with Crippen molar-refractivity contribution >= 4 is 11.9 Å². The molecule has 0 heterocycles. The van der Waals surface area contributed by atoms with E-state index in [0.717, 1.165) is 0 Å². The molecule has 0 saturated heterocycles. The van der Waals surface area contributed by atoms with E-state index in [0.29, 0.717) is 26.1 Å². The fourth-order valence-electron chi connectivity index (χ4n) is 2.29. The smallest absolute Gasteiger partial charge is 0.305 e. The van der Waals surface area contributed by atoms with E-state index < -0.39 is 17.4 Å². The third-order valence-corrected chi connectivity index (χ3v) is 3.77. The lowest BCUT2D eigenvalue weighted by Gasteiger charge is -2.33. The minimum Gasteiger partial charge on any atom is -0.481 e. The molecule has 0 saturated carbocycles. The summed E-state index contributed by atoms with van der Waals surface area (Å²) in [6.45, 7) is 1.57. The quantitative estimate of drug-likeness (QED) is 0.109. The fraction of sp³-hybridized carbons (Fsp3) is 0.882. The molecule has 2 N–H and O–H groups in total. The average Bonchev–Trinajstić information content (AvgIpc) is 2.73. The maximum atomic E-state index is 10.7. The lowest BCUT2D eigenvalue weighted by molar-refractivity contribution is -0.140. The number of hydrogen-bond acceptors (Lipinski definition) is 8. The van der Waals surface area contributed by atoms with Crippen molar-refractivity contribution in [2.45, 2.75) is 25.7 Å². The van der Waals surface area contributed by atoms with Gasteiger partial charge in [0.25, 0.3) is 0 Å². The third-order valence-electron chi connectivity index (χ3n) is 3.77. The lowest BCUT2D eigenvalue weighted by Crippen LogP contribution is -2.42. The fourth-order valence-corrected chi connectivity index (χ4v) is 2.29. The van der Waals surface area contributed by atoms with Crippen molar-refractivity contribution < 1.29 is 38.7 Å². The normalized spacial score (nSPS) is 10.8. The average molecular weight is 446 g/mol. The maximum Gasteiger partial charge on any atom is 0.305 e. The van der Waals surface area contributed by atoms with Gasteiger partial charge in [-0.2, -0.15) is 0 Å². The highest BCUT2D eigenvalue weighted by Crippen LogP contribution is 2.21. The van der Waals surface area contributed by atoms with Gasteiger partial charge in [-0.15, -0.1) is 0 Å². The van der Waals surface area contributed by atoms with Crippen LogP contribution in [0.1, 0.15) is 25.7 Å². The van der Waals surface area contributed by atoms with Crippen LogP contribution in [-0.2, 0) is 28.5 Å². The van der Waals surface area contributed by atoms with Gasteiger partial charge in [-0.05, 0) is 23.9 Å². The molecule has 0 aromatic rings. The molecule has 0 spiro atoms. The van der Waals surface area contributed by atoms with Gasteiger partial charge in [-0.3, -0.25) is 9.59 Å². The largest absolute Gasteiger partial charge is 0.481 e. The summed E-state index contributed by atoms with van der Waals surface area (Å²) in [5.41, 5.74) is 15.8. The Balaban J connectivity index is 4.92. The predicted molar refractivity (Wildman–Crippen MR) is 107 cm³/mol. The van der Waals surface area contributed by atoms with Gasteiger partial charge >= 0.3 is 11.9 Å². The molecule has 31 heavy (non-hydrogen) atoms. The number of nitrogens with zero attached hydrogens (tertiary/aromatic N) is 6. The summed E-state index contributed by atoms with van der Waals surface area (Å²) >= 11 is 0. The maximum absolute atomic E-state index is 10.7. The van der Waals surface area contributed by atoms with Gasteiger partial charge in [-0.1, -0.05) is 10.2 Å².